The fraction of sp³-hybridized carbons (Fsp3) is 0.429. The summed E-state index contributed by atoms with van der Waals surface area (Å²) in [6.07, 6.45) is 6.03. The summed E-state index contributed by atoms with van der Waals surface area (Å²) in [4.78, 5) is 19.0. The molecular weight excluding hydrogens is 326 g/mol. The molecule has 1 N–H and O–H groups in total. The number of nitrogens with zero attached hydrogens (tertiary/aromatic N) is 2. The number of amides is 1. The van der Waals surface area contributed by atoms with Gasteiger partial charge in [-0.05, 0) is 55.5 Å². The molecule has 3 rings (SSSR count). The van der Waals surface area contributed by atoms with Gasteiger partial charge < -0.3 is 15.0 Å². The minimum atomic E-state index is 0.00858. The Morgan fingerprint density at radius 3 is 2.46 bits per heavy atom. The van der Waals surface area contributed by atoms with Crippen molar-refractivity contribution in [2.24, 2.45) is 0 Å². The number of rotatable bonds is 7. The number of pyridine rings is 1. The largest absolute Gasteiger partial charge is 0.494 e. The Kier molecular flexibility index (Phi) is 6.47. The van der Waals surface area contributed by atoms with E-state index in [0.29, 0.717) is 19.6 Å². The molecule has 5 heteroatoms. The van der Waals surface area contributed by atoms with Crippen molar-refractivity contribution in [1.82, 2.24) is 10.3 Å². The van der Waals surface area contributed by atoms with Gasteiger partial charge in [-0.15, -0.1) is 0 Å². The molecule has 1 aromatic heterocycles. The summed E-state index contributed by atoms with van der Waals surface area (Å²) in [6.45, 7) is 5.28. The molecule has 0 unspecified atom stereocenters. The third-order valence-electron chi connectivity index (χ3n) is 4.58. The van der Waals surface area contributed by atoms with Crippen LogP contribution in [0.2, 0.25) is 0 Å². The zero-order valence-corrected chi connectivity index (χ0v) is 15.4. The van der Waals surface area contributed by atoms with Crippen LogP contribution in [0.5, 0.6) is 5.75 Å². The van der Waals surface area contributed by atoms with Gasteiger partial charge >= 0.3 is 0 Å². The Morgan fingerprint density at radius 2 is 1.81 bits per heavy atom. The van der Waals surface area contributed by atoms with Gasteiger partial charge in [-0.1, -0.05) is 18.2 Å². The van der Waals surface area contributed by atoms with Gasteiger partial charge in [-0.3, -0.25) is 4.79 Å². The molecule has 2 aromatic rings. The molecule has 1 aliphatic rings. The normalized spacial score (nSPS) is 14.1. The average molecular weight is 353 g/mol. The number of hydrogen-bond acceptors (Lipinski definition) is 4. The SMILES string of the molecule is CCOc1ccc(CC(=O)NCc2ccc(N3CCCCC3)nc2)cc1. The highest BCUT2D eigenvalue weighted by Crippen LogP contribution is 2.17. The zero-order chi connectivity index (χ0) is 18.2. The van der Waals surface area contributed by atoms with Gasteiger partial charge in [0.05, 0.1) is 13.0 Å². The van der Waals surface area contributed by atoms with Gasteiger partial charge in [0.25, 0.3) is 0 Å². The molecule has 0 atom stereocenters. The van der Waals surface area contributed by atoms with Crippen LogP contribution in [0.3, 0.4) is 0 Å². The lowest BCUT2D eigenvalue weighted by molar-refractivity contribution is -0.120. The highest BCUT2D eigenvalue weighted by molar-refractivity contribution is 5.78. The van der Waals surface area contributed by atoms with E-state index in [-0.39, 0.29) is 5.91 Å². The van der Waals surface area contributed by atoms with E-state index < -0.39 is 0 Å². The molecule has 0 saturated carbocycles. The maximum Gasteiger partial charge on any atom is 0.224 e. The molecule has 0 spiro atoms. The molecule has 1 aromatic carbocycles. The lowest BCUT2D eigenvalue weighted by Crippen LogP contribution is -2.30. The van der Waals surface area contributed by atoms with Crippen LogP contribution in [0, 0.1) is 0 Å². The molecular formula is C21H27N3O2. The molecule has 0 bridgehead atoms. The highest BCUT2D eigenvalue weighted by atomic mass is 16.5. The maximum atomic E-state index is 12.1. The molecule has 2 heterocycles. The molecule has 0 radical (unpaired) electrons. The lowest BCUT2D eigenvalue weighted by Gasteiger charge is -2.27. The summed E-state index contributed by atoms with van der Waals surface area (Å²) < 4.78 is 5.41. The van der Waals surface area contributed by atoms with E-state index in [1.54, 1.807) is 0 Å². The minimum Gasteiger partial charge on any atom is -0.494 e. The molecule has 1 fully saturated rings. The molecule has 0 aliphatic carbocycles. The van der Waals surface area contributed by atoms with Crippen molar-refractivity contribution >= 4 is 11.7 Å². The number of aromatic nitrogens is 1. The first kappa shape index (κ1) is 18.2. The number of anilines is 1. The maximum absolute atomic E-state index is 12.1. The minimum absolute atomic E-state index is 0.00858. The first-order valence-corrected chi connectivity index (χ1v) is 9.43. The van der Waals surface area contributed by atoms with Crippen molar-refractivity contribution in [2.45, 2.75) is 39.2 Å². The van der Waals surface area contributed by atoms with Crippen molar-refractivity contribution in [3.05, 3.63) is 53.7 Å². The first-order valence-electron chi connectivity index (χ1n) is 9.43. The van der Waals surface area contributed by atoms with Crippen LogP contribution < -0.4 is 15.0 Å². The van der Waals surface area contributed by atoms with E-state index in [1.807, 2.05) is 43.5 Å². The van der Waals surface area contributed by atoms with Crippen LogP contribution in [0.1, 0.15) is 37.3 Å². The predicted molar refractivity (Wildman–Crippen MR) is 103 cm³/mol. The topological polar surface area (TPSA) is 54.5 Å². The number of carbonyl (C=O) groups excluding carboxylic acids is 1. The quantitative estimate of drug-likeness (QED) is 0.830. The van der Waals surface area contributed by atoms with Crippen LogP contribution in [0.25, 0.3) is 0 Å². The van der Waals surface area contributed by atoms with E-state index in [2.05, 4.69) is 21.3 Å². The smallest absolute Gasteiger partial charge is 0.224 e. The first-order chi connectivity index (χ1) is 12.7. The van der Waals surface area contributed by atoms with Gasteiger partial charge in [0.15, 0.2) is 0 Å². The van der Waals surface area contributed by atoms with Gasteiger partial charge in [0.2, 0.25) is 5.91 Å². The Hall–Kier alpha value is -2.56. The fourth-order valence-electron chi connectivity index (χ4n) is 3.15. The molecule has 1 saturated heterocycles. The van der Waals surface area contributed by atoms with E-state index in [9.17, 15) is 4.79 Å². The Bertz CT molecular complexity index is 692. The van der Waals surface area contributed by atoms with E-state index >= 15 is 0 Å². The summed E-state index contributed by atoms with van der Waals surface area (Å²) in [5, 5.41) is 2.96. The molecule has 138 valence electrons. The highest BCUT2D eigenvalue weighted by Gasteiger charge is 2.11. The summed E-state index contributed by atoms with van der Waals surface area (Å²) in [5.74, 6) is 1.87. The second-order valence-corrected chi connectivity index (χ2v) is 6.60. The Morgan fingerprint density at radius 1 is 1.08 bits per heavy atom. The van der Waals surface area contributed by atoms with E-state index in [1.165, 1.54) is 19.3 Å². The molecule has 1 amide bonds. The van der Waals surface area contributed by atoms with E-state index in [0.717, 1.165) is 35.8 Å². The van der Waals surface area contributed by atoms with Gasteiger partial charge in [-0.25, -0.2) is 4.98 Å². The van der Waals surface area contributed by atoms with Gasteiger partial charge in [0.1, 0.15) is 11.6 Å². The monoisotopic (exact) mass is 353 g/mol. The standard InChI is InChI=1S/C21H27N3O2/c1-2-26-19-9-6-17(7-10-19)14-21(25)23-16-18-8-11-20(22-15-18)24-12-4-3-5-13-24/h6-11,15H,2-5,12-14,16H2,1H3,(H,23,25). The Balaban J connectivity index is 1.46. The number of piperidine rings is 1. The zero-order valence-electron chi connectivity index (χ0n) is 15.4. The fourth-order valence-corrected chi connectivity index (χ4v) is 3.15. The van der Waals surface area contributed by atoms with E-state index in [4.69, 9.17) is 4.74 Å². The van der Waals surface area contributed by atoms with Crippen molar-refractivity contribution in [2.75, 3.05) is 24.6 Å². The number of hydrogen-bond donors (Lipinski definition) is 1. The summed E-state index contributed by atoms with van der Waals surface area (Å²) in [5.41, 5.74) is 2.00. The number of nitrogens with one attached hydrogen (secondary N) is 1. The summed E-state index contributed by atoms with van der Waals surface area (Å²) in [6, 6.07) is 11.8. The van der Waals surface area contributed by atoms with Gasteiger partial charge in [0, 0.05) is 25.8 Å². The molecule has 5 nitrogen and oxygen atoms in total. The molecule has 26 heavy (non-hydrogen) atoms. The van der Waals surface area contributed by atoms with Crippen molar-refractivity contribution < 1.29 is 9.53 Å². The third-order valence-corrected chi connectivity index (χ3v) is 4.58. The van der Waals surface area contributed by atoms with Crippen molar-refractivity contribution in [1.29, 1.82) is 0 Å². The van der Waals surface area contributed by atoms with Crippen molar-refractivity contribution in [3.8, 4) is 5.75 Å². The predicted octanol–water partition coefficient (Wildman–Crippen LogP) is 3.33. The second-order valence-electron chi connectivity index (χ2n) is 6.60. The van der Waals surface area contributed by atoms with Crippen LogP contribution >= 0.6 is 0 Å². The second kappa shape index (κ2) is 9.22. The van der Waals surface area contributed by atoms with Gasteiger partial charge in [-0.2, -0.15) is 0 Å². The lowest BCUT2D eigenvalue weighted by atomic mass is 10.1. The van der Waals surface area contributed by atoms with Crippen LogP contribution in [-0.4, -0.2) is 30.6 Å². The van der Waals surface area contributed by atoms with Crippen LogP contribution in [0.15, 0.2) is 42.6 Å². The number of carbonyl (C=O) groups is 1. The summed E-state index contributed by atoms with van der Waals surface area (Å²) in [7, 11) is 0. The van der Waals surface area contributed by atoms with Crippen LogP contribution in [0.4, 0.5) is 5.82 Å². The van der Waals surface area contributed by atoms with Crippen LogP contribution in [-0.2, 0) is 17.8 Å². The average Bonchev–Trinajstić information content (AvgIpc) is 2.69. The molecule has 1 aliphatic heterocycles. The number of benzene rings is 1. The third kappa shape index (κ3) is 5.22. The Labute approximate surface area is 155 Å². The van der Waals surface area contributed by atoms with Crippen molar-refractivity contribution in [3.63, 3.8) is 0 Å². The summed E-state index contributed by atoms with van der Waals surface area (Å²) >= 11 is 0. The number of ether oxygens (including phenoxy) is 1.